The van der Waals surface area contributed by atoms with E-state index in [0.717, 1.165) is 44.7 Å². The maximum atomic E-state index is 5.97. The molecule has 2 heterocycles. The summed E-state index contributed by atoms with van der Waals surface area (Å²) < 4.78 is 8.83. The van der Waals surface area contributed by atoms with Gasteiger partial charge in [0.25, 0.3) is 0 Å². The van der Waals surface area contributed by atoms with Gasteiger partial charge in [-0.05, 0) is 59.3 Å². The Morgan fingerprint density at radius 2 is 1.93 bits per heavy atom. The first kappa shape index (κ1) is 22.6. The van der Waals surface area contributed by atoms with Gasteiger partial charge in [0.2, 0.25) is 5.16 Å². The van der Waals surface area contributed by atoms with Crippen LogP contribution in [0.15, 0.2) is 74.7 Å². The van der Waals surface area contributed by atoms with Crippen LogP contribution >= 0.6 is 40.1 Å². The van der Waals surface area contributed by atoms with Gasteiger partial charge in [0.05, 0.1) is 12.2 Å². The lowest BCUT2D eigenvalue weighted by Gasteiger charge is -2.05. The van der Waals surface area contributed by atoms with Crippen molar-refractivity contribution < 1.29 is 4.42 Å². The van der Waals surface area contributed by atoms with E-state index in [-0.39, 0.29) is 12.4 Å². The van der Waals surface area contributed by atoms with Crippen molar-refractivity contribution in [2.75, 3.05) is 12.3 Å². The number of thioether (sulfide) groups is 1. The van der Waals surface area contributed by atoms with Crippen molar-refractivity contribution in [3.05, 3.63) is 76.5 Å². The van der Waals surface area contributed by atoms with E-state index in [1.165, 1.54) is 5.56 Å². The second-order valence-corrected chi connectivity index (χ2v) is 8.38. The summed E-state index contributed by atoms with van der Waals surface area (Å²) in [5.41, 5.74) is 3.23. The zero-order valence-corrected chi connectivity index (χ0v) is 19.5. The zero-order valence-electron chi connectivity index (χ0n) is 16.3. The highest BCUT2D eigenvalue weighted by atomic mass is 79.9. The van der Waals surface area contributed by atoms with Crippen LogP contribution in [0.4, 0.5) is 0 Å². The first-order valence-corrected chi connectivity index (χ1v) is 11.0. The highest BCUT2D eigenvalue weighted by Gasteiger charge is 2.09. The molecule has 1 N–H and O–H groups in total. The molecule has 9 heteroatoms. The average molecular weight is 507 g/mol. The van der Waals surface area contributed by atoms with Crippen LogP contribution in [0, 0.1) is 6.92 Å². The molecule has 0 unspecified atom stereocenters. The van der Waals surface area contributed by atoms with Gasteiger partial charge in [-0.15, -0.1) is 17.5 Å². The van der Waals surface area contributed by atoms with Crippen molar-refractivity contribution in [3.8, 4) is 17.0 Å². The number of benzene rings is 2. The van der Waals surface area contributed by atoms with Crippen molar-refractivity contribution in [1.29, 1.82) is 0 Å². The number of halogens is 2. The molecule has 30 heavy (non-hydrogen) atoms. The largest absolute Gasteiger partial charge is 0.460 e. The summed E-state index contributed by atoms with van der Waals surface area (Å²) in [5, 5.41) is 16.2. The summed E-state index contributed by atoms with van der Waals surface area (Å²) in [7, 11) is 0. The maximum Gasteiger partial charge on any atom is 0.214 e. The molecule has 4 rings (SSSR count). The van der Waals surface area contributed by atoms with Crippen molar-refractivity contribution >= 4 is 40.1 Å². The van der Waals surface area contributed by atoms with Crippen LogP contribution in [0.2, 0.25) is 0 Å². The van der Waals surface area contributed by atoms with Crippen molar-refractivity contribution in [2.24, 2.45) is 0 Å². The number of tetrazole rings is 1. The number of nitrogens with one attached hydrogen (secondary N) is 1. The van der Waals surface area contributed by atoms with Crippen molar-refractivity contribution in [3.63, 3.8) is 0 Å². The van der Waals surface area contributed by atoms with Crippen LogP contribution in [0.25, 0.3) is 17.0 Å². The normalized spacial score (nSPS) is 10.7. The molecule has 0 aliphatic heterocycles. The molecule has 2 aromatic heterocycles. The third-order valence-corrected chi connectivity index (χ3v) is 6.17. The lowest BCUT2D eigenvalue weighted by atomic mass is 10.1. The van der Waals surface area contributed by atoms with Gasteiger partial charge in [-0.3, -0.25) is 0 Å². The second kappa shape index (κ2) is 10.8. The Bertz CT molecular complexity index is 1090. The van der Waals surface area contributed by atoms with Gasteiger partial charge in [-0.25, -0.2) is 0 Å². The molecule has 0 aliphatic rings. The minimum Gasteiger partial charge on any atom is -0.460 e. The van der Waals surface area contributed by atoms with E-state index in [1.807, 2.05) is 48.5 Å². The number of furan rings is 1. The van der Waals surface area contributed by atoms with Gasteiger partial charge in [-0.1, -0.05) is 52.0 Å². The van der Waals surface area contributed by atoms with Gasteiger partial charge in [0.1, 0.15) is 11.5 Å². The minimum absolute atomic E-state index is 0. The monoisotopic (exact) mass is 505 g/mol. The number of hydrogen-bond acceptors (Lipinski definition) is 6. The maximum absolute atomic E-state index is 5.97. The highest BCUT2D eigenvalue weighted by molar-refractivity contribution is 9.10. The van der Waals surface area contributed by atoms with E-state index in [2.05, 4.69) is 55.8 Å². The van der Waals surface area contributed by atoms with E-state index < -0.39 is 0 Å². The van der Waals surface area contributed by atoms with E-state index in [1.54, 1.807) is 16.4 Å². The molecule has 156 valence electrons. The van der Waals surface area contributed by atoms with E-state index in [4.69, 9.17) is 4.42 Å². The summed E-state index contributed by atoms with van der Waals surface area (Å²) >= 11 is 5.15. The Morgan fingerprint density at radius 3 is 2.73 bits per heavy atom. The predicted octanol–water partition coefficient (Wildman–Crippen LogP) is 5.30. The first-order chi connectivity index (χ1) is 14.2. The smallest absolute Gasteiger partial charge is 0.214 e. The molecule has 0 aliphatic carbocycles. The van der Waals surface area contributed by atoms with Crippen LogP contribution in [0.5, 0.6) is 0 Å². The van der Waals surface area contributed by atoms with E-state index in [0.29, 0.717) is 6.54 Å². The predicted molar refractivity (Wildman–Crippen MR) is 125 cm³/mol. The third kappa shape index (κ3) is 5.51. The molecule has 0 saturated heterocycles. The Morgan fingerprint density at radius 1 is 1.10 bits per heavy atom. The van der Waals surface area contributed by atoms with Gasteiger partial charge in [0, 0.05) is 22.3 Å². The van der Waals surface area contributed by atoms with Gasteiger partial charge in [-0.2, -0.15) is 4.68 Å². The summed E-state index contributed by atoms with van der Waals surface area (Å²) in [6.45, 7) is 3.57. The molecule has 0 fully saturated rings. The van der Waals surface area contributed by atoms with Crippen molar-refractivity contribution in [1.82, 2.24) is 25.5 Å². The standard InChI is InChI=1S/C21H20BrN5OS.ClH/c1-15-13-16(7-9-19(15)22)20-10-8-18(28-20)14-23-11-12-29-21-24-25-26-27(21)17-5-3-2-4-6-17;/h2-10,13,23H,11-12,14H2,1H3;1H. The Labute approximate surface area is 194 Å². The number of aryl methyl sites for hydroxylation is 1. The highest BCUT2D eigenvalue weighted by Crippen LogP contribution is 2.26. The lowest BCUT2D eigenvalue weighted by Crippen LogP contribution is -2.16. The van der Waals surface area contributed by atoms with Gasteiger partial charge >= 0.3 is 0 Å². The average Bonchev–Trinajstić information content (AvgIpc) is 3.40. The van der Waals surface area contributed by atoms with E-state index in [9.17, 15) is 0 Å². The fraction of sp³-hybridized carbons (Fsp3) is 0.190. The van der Waals surface area contributed by atoms with Crippen LogP contribution < -0.4 is 5.32 Å². The minimum atomic E-state index is 0. The van der Waals surface area contributed by atoms with Gasteiger partial charge < -0.3 is 9.73 Å². The quantitative estimate of drug-likeness (QED) is 0.258. The number of nitrogens with zero attached hydrogens (tertiary/aromatic N) is 4. The topological polar surface area (TPSA) is 68.8 Å². The summed E-state index contributed by atoms with van der Waals surface area (Å²) in [5.74, 6) is 2.65. The number of hydrogen-bond donors (Lipinski definition) is 1. The Hall–Kier alpha value is -2.13. The molecule has 6 nitrogen and oxygen atoms in total. The fourth-order valence-corrected chi connectivity index (χ4v) is 3.89. The van der Waals surface area contributed by atoms with E-state index >= 15 is 0 Å². The first-order valence-electron chi connectivity index (χ1n) is 9.23. The molecule has 2 aromatic carbocycles. The molecule has 0 radical (unpaired) electrons. The molecule has 0 saturated carbocycles. The summed E-state index contributed by atoms with van der Waals surface area (Å²) in [6, 6.07) is 20.1. The second-order valence-electron chi connectivity index (χ2n) is 6.46. The number of aromatic nitrogens is 4. The SMILES string of the molecule is Cc1cc(-c2ccc(CNCCSc3nnnn3-c3ccccc3)o2)ccc1Br.Cl. The van der Waals surface area contributed by atoms with Gasteiger partial charge in [0.15, 0.2) is 0 Å². The fourth-order valence-electron chi connectivity index (χ4n) is 2.85. The zero-order chi connectivity index (χ0) is 20.1. The molecule has 0 atom stereocenters. The molecular weight excluding hydrogens is 486 g/mol. The third-order valence-electron chi connectivity index (χ3n) is 4.36. The van der Waals surface area contributed by atoms with Crippen LogP contribution in [-0.2, 0) is 6.54 Å². The van der Waals surface area contributed by atoms with Crippen LogP contribution in [0.1, 0.15) is 11.3 Å². The summed E-state index contributed by atoms with van der Waals surface area (Å²) in [4.78, 5) is 0. The number of rotatable bonds is 8. The Balaban J connectivity index is 0.00000256. The summed E-state index contributed by atoms with van der Waals surface area (Å²) in [6.07, 6.45) is 0. The van der Waals surface area contributed by atoms with Crippen LogP contribution in [-0.4, -0.2) is 32.5 Å². The molecular formula is C21H21BrClN5OS. The Kier molecular flexibility index (Phi) is 8.09. The molecule has 0 spiro atoms. The molecule has 4 aromatic rings. The van der Waals surface area contributed by atoms with Crippen molar-refractivity contribution in [2.45, 2.75) is 18.6 Å². The molecule has 0 amide bonds. The lowest BCUT2D eigenvalue weighted by molar-refractivity contribution is 0.499. The van der Waals surface area contributed by atoms with Crippen LogP contribution in [0.3, 0.4) is 0 Å². The number of para-hydroxylation sites is 1. The molecule has 0 bridgehead atoms.